The molecule has 1 aliphatic heterocycles. The zero-order chi connectivity index (χ0) is 19.6. The third-order valence-corrected chi connectivity index (χ3v) is 5.20. The van der Waals surface area contributed by atoms with E-state index in [0.717, 1.165) is 24.1 Å². The number of alkyl halides is 3. The number of hydrogen-bond donors (Lipinski definition) is 1. The van der Waals surface area contributed by atoms with Crippen LogP contribution in [0.25, 0.3) is 6.08 Å². The Morgan fingerprint density at radius 3 is 2.74 bits per heavy atom. The molecule has 27 heavy (non-hydrogen) atoms. The maximum Gasteiger partial charge on any atom is 0.389 e. The summed E-state index contributed by atoms with van der Waals surface area (Å²) in [5.41, 5.74) is 3.51. The first kappa shape index (κ1) is 19.7. The number of nitrogens with zero attached hydrogens (tertiary/aromatic N) is 1. The highest BCUT2D eigenvalue weighted by Gasteiger charge is 2.33. The van der Waals surface area contributed by atoms with Crippen LogP contribution in [0.5, 0.6) is 5.75 Å². The molecular weight excluding hydrogens is 359 g/mol. The second kappa shape index (κ2) is 7.92. The number of rotatable bonds is 7. The summed E-state index contributed by atoms with van der Waals surface area (Å²) in [4.78, 5) is 13.1. The van der Waals surface area contributed by atoms with Crippen molar-refractivity contribution in [1.82, 2.24) is 4.90 Å². The zero-order valence-electron chi connectivity index (χ0n) is 15.3. The highest BCUT2D eigenvalue weighted by Crippen LogP contribution is 2.32. The molecule has 0 bridgehead atoms. The lowest BCUT2D eigenvalue weighted by molar-refractivity contribution is -0.147. The van der Waals surface area contributed by atoms with Gasteiger partial charge in [0, 0.05) is 26.1 Å². The predicted octanol–water partition coefficient (Wildman–Crippen LogP) is 4.00. The zero-order valence-corrected chi connectivity index (χ0v) is 15.3. The molecular formula is C20H24F3NO3. The molecule has 4 nitrogen and oxygen atoms in total. The van der Waals surface area contributed by atoms with Crippen molar-refractivity contribution in [3.05, 3.63) is 34.9 Å². The lowest BCUT2D eigenvalue weighted by Gasteiger charge is -2.38. The molecule has 1 aromatic carbocycles. The summed E-state index contributed by atoms with van der Waals surface area (Å²) in [5.74, 6) is -0.0484. The predicted molar refractivity (Wildman–Crippen MR) is 95.6 cm³/mol. The van der Waals surface area contributed by atoms with Gasteiger partial charge in [0.25, 0.3) is 0 Å². The molecule has 1 N–H and O–H groups in total. The Bertz CT molecular complexity index is 724. The van der Waals surface area contributed by atoms with E-state index in [-0.39, 0.29) is 18.9 Å². The fourth-order valence-electron chi connectivity index (χ4n) is 3.57. The minimum Gasteiger partial charge on any atom is -0.494 e. The van der Waals surface area contributed by atoms with Gasteiger partial charge in [-0.1, -0.05) is 24.6 Å². The first-order valence-electron chi connectivity index (χ1n) is 9.19. The average Bonchev–Trinajstić information content (AvgIpc) is 2.53. The van der Waals surface area contributed by atoms with Crippen molar-refractivity contribution in [1.29, 1.82) is 0 Å². The van der Waals surface area contributed by atoms with Crippen LogP contribution in [0.4, 0.5) is 13.2 Å². The molecule has 0 saturated carbocycles. The molecule has 0 radical (unpaired) electrons. The molecule has 1 saturated heterocycles. The van der Waals surface area contributed by atoms with Crippen molar-refractivity contribution in [2.45, 2.75) is 32.4 Å². The van der Waals surface area contributed by atoms with Crippen LogP contribution >= 0.6 is 0 Å². The van der Waals surface area contributed by atoms with Crippen molar-refractivity contribution < 1.29 is 27.8 Å². The number of carbonyl (C=O) groups is 1. The van der Waals surface area contributed by atoms with Gasteiger partial charge in [0.05, 0.1) is 12.5 Å². The van der Waals surface area contributed by atoms with Crippen LogP contribution in [0.15, 0.2) is 23.8 Å². The van der Waals surface area contributed by atoms with E-state index in [1.807, 2.05) is 12.1 Å². The van der Waals surface area contributed by atoms with E-state index in [1.54, 1.807) is 6.07 Å². The molecule has 2 aliphatic rings. The van der Waals surface area contributed by atoms with E-state index in [0.29, 0.717) is 24.8 Å². The largest absolute Gasteiger partial charge is 0.494 e. The fraction of sp³-hybridized carbons (Fsp3) is 0.550. The van der Waals surface area contributed by atoms with Gasteiger partial charge in [0.15, 0.2) is 0 Å². The average molecular weight is 383 g/mol. The highest BCUT2D eigenvalue weighted by molar-refractivity contribution is 5.71. The fourth-order valence-corrected chi connectivity index (χ4v) is 3.57. The van der Waals surface area contributed by atoms with E-state index in [2.05, 4.69) is 17.9 Å². The van der Waals surface area contributed by atoms with Crippen LogP contribution in [-0.4, -0.2) is 48.4 Å². The van der Waals surface area contributed by atoms with E-state index < -0.39 is 18.6 Å². The van der Waals surface area contributed by atoms with E-state index in [4.69, 9.17) is 9.84 Å². The summed E-state index contributed by atoms with van der Waals surface area (Å²) in [6.45, 7) is 4.16. The Balaban J connectivity index is 1.56. The Morgan fingerprint density at radius 2 is 2.07 bits per heavy atom. The smallest absolute Gasteiger partial charge is 0.389 e. The normalized spacial score (nSPS) is 20.6. The molecule has 1 atom stereocenters. The number of hydrogen-bond acceptors (Lipinski definition) is 3. The van der Waals surface area contributed by atoms with Gasteiger partial charge in [-0.3, -0.25) is 9.69 Å². The monoisotopic (exact) mass is 383 g/mol. The number of carboxylic acid groups (broad SMARTS) is 1. The second-order valence-corrected chi connectivity index (χ2v) is 7.48. The van der Waals surface area contributed by atoms with Crippen molar-refractivity contribution in [3.63, 3.8) is 0 Å². The van der Waals surface area contributed by atoms with Crippen molar-refractivity contribution in [2.24, 2.45) is 11.8 Å². The van der Waals surface area contributed by atoms with Crippen molar-refractivity contribution >= 4 is 12.0 Å². The number of carboxylic acids is 1. The van der Waals surface area contributed by atoms with Gasteiger partial charge in [-0.2, -0.15) is 13.2 Å². The van der Waals surface area contributed by atoms with Gasteiger partial charge in [-0.15, -0.1) is 0 Å². The van der Waals surface area contributed by atoms with Gasteiger partial charge in [0.1, 0.15) is 5.75 Å². The number of aliphatic carboxylic acids is 1. The molecule has 1 fully saturated rings. The van der Waals surface area contributed by atoms with E-state index >= 15 is 0 Å². The van der Waals surface area contributed by atoms with Gasteiger partial charge in [-0.05, 0) is 42.0 Å². The molecule has 7 heteroatoms. The van der Waals surface area contributed by atoms with Crippen LogP contribution < -0.4 is 4.74 Å². The quantitative estimate of drug-likeness (QED) is 0.723. The SMILES string of the molecule is C[C@H]1Cc2cc(OCCCC(F)(F)F)ccc2C=C1CN1CC(C(=O)O)C1. The molecule has 3 rings (SSSR count). The minimum absolute atomic E-state index is 0.0474. The first-order valence-corrected chi connectivity index (χ1v) is 9.19. The van der Waals surface area contributed by atoms with Crippen LogP contribution in [0.2, 0.25) is 0 Å². The molecule has 148 valence electrons. The van der Waals surface area contributed by atoms with Gasteiger partial charge in [0.2, 0.25) is 0 Å². The molecule has 0 unspecified atom stereocenters. The van der Waals surface area contributed by atoms with Gasteiger partial charge < -0.3 is 9.84 Å². The molecule has 0 amide bonds. The number of fused-ring (bicyclic) bond motifs is 1. The Morgan fingerprint density at radius 1 is 1.33 bits per heavy atom. The van der Waals surface area contributed by atoms with E-state index in [1.165, 1.54) is 5.57 Å². The number of ether oxygens (including phenoxy) is 1. The Labute approximate surface area is 156 Å². The van der Waals surface area contributed by atoms with Crippen LogP contribution in [0.1, 0.15) is 30.9 Å². The number of halogens is 3. The lowest BCUT2D eigenvalue weighted by Crippen LogP contribution is -2.51. The van der Waals surface area contributed by atoms with E-state index in [9.17, 15) is 18.0 Å². The molecule has 1 aliphatic carbocycles. The van der Waals surface area contributed by atoms with Crippen molar-refractivity contribution in [2.75, 3.05) is 26.2 Å². The lowest BCUT2D eigenvalue weighted by atomic mass is 9.83. The van der Waals surface area contributed by atoms with Crippen LogP contribution in [0.3, 0.4) is 0 Å². The summed E-state index contributed by atoms with van der Waals surface area (Å²) in [6, 6.07) is 5.65. The Hall–Kier alpha value is -2.02. The summed E-state index contributed by atoms with van der Waals surface area (Å²) in [5, 5.41) is 8.97. The molecule has 1 aromatic rings. The summed E-state index contributed by atoms with van der Waals surface area (Å²) in [6.07, 6.45) is -2.03. The van der Waals surface area contributed by atoms with Crippen LogP contribution in [-0.2, 0) is 11.2 Å². The van der Waals surface area contributed by atoms with Gasteiger partial charge in [-0.25, -0.2) is 0 Å². The summed E-state index contributed by atoms with van der Waals surface area (Å²) < 4.78 is 42.0. The summed E-state index contributed by atoms with van der Waals surface area (Å²) >= 11 is 0. The molecule has 0 aromatic heterocycles. The number of likely N-dealkylation sites (tertiary alicyclic amines) is 1. The van der Waals surface area contributed by atoms with Crippen LogP contribution in [0, 0.1) is 11.8 Å². The standard InChI is InChI=1S/C20H24F3NO3/c1-13-7-15-9-18(27-6-2-5-20(21,22)23)4-3-14(15)8-16(13)10-24-11-17(12-24)19(25)26/h3-4,8-9,13,17H,2,5-7,10-12H2,1H3,(H,25,26)/t13-/m0/s1. The second-order valence-electron chi connectivity index (χ2n) is 7.48. The van der Waals surface area contributed by atoms with Gasteiger partial charge >= 0.3 is 12.1 Å². The summed E-state index contributed by atoms with van der Waals surface area (Å²) in [7, 11) is 0. The first-order chi connectivity index (χ1) is 12.7. The number of benzene rings is 1. The topological polar surface area (TPSA) is 49.8 Å². The molecule has 0 spiro atoms. The third kappa shape index (κ3) is 5.25. The highest BCUT2D eigenvalue weighted by atomic mass is 19.4. The third-order valence-electron chi connectivity index (χ3n) is 5.20. The maximum absolute atomic E-state index is 12.2. The van der Waals surface area contributed by atoms with Crippen molar-refractivity contribution in [3.8, 4) is 5.75 Å². The Kier molecular flexibility index (Phi) is 5.79. The maximum atomic E-state index is 12.2. The minimum atomic E-state index is -4.14. The molecule has 1 heterocycles.